The summed E-state index contributed by atoms with van der Waals surface area (Å²) in [5, 5.41) is 4.28. The van der Waals surface area contributed by atoms with Crippen molar-refractivity contribution in [2.75, 3.05) is 7.05 Å². The summed E-state index contributed by atoms with van der Waals surface area (Å²) in [5.41, 5.74) is 2.19. The average molecular weight is 264 g/mol. The van der Waals surface area contributed by atoms with Crippen molar-refractivity contribution in [2.45, 2.75) is 26.3 Å². The van der Waals surface area contributed by atoms with Crippen LogP contribution < -0.4 is 5.32 Å². The lowest BCUT2D eigenvalue weighted by molar-refractivity contribution is 0.623. The standard InChI is InChI=1S/C14H17FN2S/c1-4-12-9(2)18-14(17-12)13(16-3)10-5-7-11(15)8-6-10/h5-8,13,16H,4H2,1-3H3. The number of benzene rings is 1. The van der Waals surface area contributed by atoms with E-state index >= 15 is 0 Å². The van der Waals surface area contributed by atoms with E-state index < -0.39 is 0 Å². The molecule has 1 aromatic heterocycles. The van der Waals surface area contributed by atoms with Crippen molar-refractivity contribution in [3.63, 3.8) is 0 Å². The Morgan fingerprint density at radius 1 is 1.33 bits per heavy atom. The molecule has 0 radical (unpaired) electrons. The minimum Gasteiger partial charge on any atom is -0.307 e. The molecule has 0 aliphatic carbocycles. The molecule has 96 valence electrons. The highest BCUT2D eigenvalue weighted by Gasteiger charge is 2.17. The largest absolute Gasteiger partial charge is 0.307 e. The molecule has 1 heterocycles. The van der Waals surface area contributed by atoms with Crippen LogP contribution in [0.1, 0.15) is 34.1 Å². The molecule has 0 aliphatic heterocycles. The topological polar surface area (TPSA) is 24.9 Å². The van der Waals surface area contributed by atoms with Crippen LogP contribution in [0.2, 0.25) is 0 Å². The predicted molar refractivity (Wildman–Crippen MR) is 73.5 cm³/mol. The lowest BCUT2D eigenvalue weighted by Crippen LogP contribution is -2.17. The van der Waals surface area contributed by atoms with Gasteiger partial charge in [0.05, 0.1) is 11.7 Å². The van der Waals surface area contributed by atoms with Gasteiger partial charge >= 0.3 is 0 Å². The first-order valence-corrected chi connectivity index (χ1v) is 6.86. The minimum absolute atomic E-state index is 0.0367. The summed E-state index contributed by atoms with van der Waals surface area (Å²) >= 11 is 1.70. The van der Waals surface area contributed by atoms with Gasteiger partial charge in [0.15, 0.2) is 0 Å². The number of aryl methyl sites for hydroxylation is 2. The van der Waals surface area contributed by atoms with E-state index in [4.69, 9.17) is 0 Å². The smallest absolute Gasteiger partial charge is 0.123 e. The molecule has 0 fully saturated rings. The molecule has 0 bridgehead atoms. The lowest BCUT2D eigenvalue weighted by atomic mass is 10.1. The number of aromatic nitrogens is 1. The van der Waals surface area contributed by atoms with Crippen LogP contribution in [-0.4, -0.2) is 12.0 Å². The second-order valence-electron chi connectivity index (χ2n) is 4.18. The Bertz CT molecular complexity index is 519. The molecule has 4 heteroatoms. The van der Waals surface area contributed by atoms with E-state index in [0.29, 0.717) is 0 Å². The molecule has 18 heavy (non-hydrogen) atoms. The van der Waals surface area contributed by atoms with Gasteiger partial charge in [0.1, 0.15) is 10.8 Å². The fourth-order valence-electron chi connectivity index (χ4n) is 1.99. The minimum atomic E-state index is -0.210. The Hall–Kier alpha value is -1.26. The molecular formula is C14H17FN2S. The van der Waals surface area contributed by atoms with E-state index in [-0.39, 0.29) is 11.9 Å². The molecule has 1 aromatic carbocycles. The van der Waals surface area contributed by atoms with Crippen LogP contribution in [0.25, 0.3) is 0 Å². The molecule has 2 nitrogen and oxygen atoms in total. The zero-order chi connectivity index (χ0) is 13.1. The summed E-state index contributed by atoms with van der Waals surface area (Å²) in [6, 6.07) is 6.62. The van der Waals surface area contributed by atoms with Gasteiger partial charge in [-0.25, -0.2) is 9.37 Å². The molecule has 0 saturated heterocycles. The van der Waals surface area contributed by atoms with E-state index in [1.54, 1.807) is 23.5 Å². The van der Waals surface area contributed by atoms with Crippen molar-refractivity contribution in [3.8, 4) is 0 Å². The second kappa shape index (κ2) is 5.59. The van der Waals surface area contributed by atoms with E-state index in [1.165, 1.54) is 17.0 Å². The lowest BCUT2D eigenvalue weighted by Gasteiger charge is -2.13. The monoisotopic (exact) mass is 264 g/mol. The van der Waals surface area contributed by atoms with E-state index in [2.05, 4.69) is 24.1 Å². The van der Waals surface area contributed by atoms with E-state index in [0.717, 1.165) is 22.7 Å². The van der Waals surface area contributed by atoms with Crippen molar-refractivity contribution < 1.29 is 4.39 Å². The number of hydrogen-bond donors (Lipinski definition) is 1. The van der Waals surface area contributed by atoms with Crippen LogP contribution in [-0.2, 0) is 6.42 Å². The maximum absolute atomic E-state index is 12.9. The van der Waals surface area contributed by atoms with Crippen LogP contribution in [0.3, 0.4) is 0 Å². The number of thiazole rings is 1. The van der Waals surface area contributed by atoms with Gasteiger partial charge in [-0.15, -0.1) is 11.3 Å². The van der Waals surface area contributed by atoms with Gasteiger partial charge < -0.3 is 5.32 Å². The Morgan fingerprint density at radius 3 is 2.50 bits per heavy atom. The molecule has 2 aromatic rings. The van der Waals surface area contributed by atoms with Gasteiger partial charge in [-0.05, 0) is 38.1 Å². The highest BCUT2D eigenvalue weighted by molar-refractivity contribution is 7.11. The quantitative estimate of drug-likeness (QED) is 0.914. The van der Waals surface area contributed by atoms with Gasteiger partial charge in [0.2, 0.25) is 0 Å². The highest BCUT2D eigenvalue weighted by atomic mass is 32.1. The Kier molecular flexibility index (Phi) is 4.09. The summed E-state index contributed by atoms with van der Waals surface area (Å²) in [6.45, 7) is 4.20. The summed E-state index contributed by atoms with van der Waals surface area (Å²) in [7, 11) is 1.90. The summed E-state index contributed by atoms with van der Waals surface area (Å²) in [6.07, 6.45) is 0.947. The molecule has 1 N–H and O–H groups in total. The van der Waals surface area contributed by atoms with Crippen LogP contribution in [0.5, 0.6) is 0 Å². The van der Waals surface area contributed by atoms with Crippen LogP contribution in [0.4, 0.5) is 4.39 Å². The van der Waals surface area contributed by atoms with Crippen molar-refractivity contribution in [1.82, 2.24) is 10.3 Å². The number of nitrogens with one attached hydrogen (secondary N) is 1. The van der Waals surface area contributed by atoms with Crippen molar-refractivity contribution >= 4 is 11.3 Å². The summed E-state index contributed by atoms with van der Waals surface area (Å²) in [5.74, 6) is -0.210. The van der Waals surface area contributed by atoms with Crippen molar-refractivity contribution in [2.24, 2.45) is 0 Å². The Labute approximate surface area is 111 Å². The zero-order valence-electron chi connectivity index (χ0n) is 10.8. The third-order valence-corrected chi connectivity index (χ3v) is 4.06. The van der Waals surface area contributed by atoms with Gasteiger partial charge in [0, 0.05) is 4.88 Å². The van der Waals surface area contributed by atoms with Gasteiger partial charge in [0.25, 0.3) is 0 Å². The summed E-state index contributed by atoms with van der Waals surface area (Å²) < 4.78 is 12.9. The molecule has 0 aliphatic rings. The fourth-order valence-corrected chi connectivity index (χ4v) is 3.14. The Balaban J connectivity index is 2.35. The molecule has 2 rings (SSSR count). The molecule has 0 amide bonds. The third-order valence-electron chi connectivity index (χ3n) is 2.98. The first kappa shape index (κ1) is 13.2. The maximum Gasteiger partial charge on any atom is 0.123 e. The van der Waals surface area contributed by atoms with Crippen molar-refractivity contribution in [3.05, 3.63) is 51.2 Å². The Morgan fingerprint density at radius 2 is 2.00 bits per heavy atom. The van der Waals surface area contributed by atoms with E-state index in [9.17, 15) is 4.39 Å². The fraction of sp³-hybridized carbons (Fsp3) is 0.357. The summed E-state index contributed by atoms with van der Waals surface area (Å²) in [4.78, 5) is 5.92. The zero-order valence-corrected chi connectivity index (χ0v) is 11.6. The second-order valence-corrected chi connectivity index (χ2v) is 5.42. The number of nitrogens with zero attached hydrogens (tertiary/aromatic N) is 1. The molecule has 0 saturated carbocycles. The number of halogens is 1. The molecule has 1 unspecified atom stereocenters. The molecular weight excluding hydrogens is 247 g/mol. The average Bonchev–Trinajstić information content (AvgIpc) is 2.74. The van der Waals surface area contributed by atoms with Crippen LogP contribution in [0.15, 0.2) is 24.3 Å². The third kappa shape index (κ3) is 2.60. The SMILES string of the molecule is CCc1nc(C(NC)c2ccc(F)cc2)sc1C. The number of rotatable bonds is 4. The van der Waals surface area contributed by atoms with Crippen molar-refractivity contribution in [1.29, 1.82) is 0 Å². The van der Waals surface area contributed by atoms with Gasteiger partial charge in [-0.2, -0.15) is 0 Å². The molecule has 0 spiro atoms. The first-order valence-electron chi connectivity index (χ1n) is 6.04. The van der Waals surface area contributed by atoms with Crippen LogP contribution in [0, 0.1) is 12.7 Å². The van der Waals surface area contributed by atoms with Crippen LogP contribution >= 0.6 is 11.3 Å². The highest BCUT2D eigenvalue weighted by Crippen LogP contribution is 2.28. The predicted octanol–water partition coefficient (Wildman–Crippen LogP) is 3.46. The molecule has 1 atom stereocenters. The van der Waals surface area contributed by atoms with Gasteiger partial charge in [-0.3, -0.25) is 0 Å². The number of hydrogen-bond acceptors (Lipinski definition) is 3. The normalized spacial score (nSPS) is 12.7. The van der Waals surface area contributed by atoms with E-state index in [1.807, 2.05) is 7.05 Å². The van der Waals surface area contributed by atoms with Gasteiger partial charge in [-0.1, -0.05) is 19.1 Å². The maximum atomic E-state index is 12.9. The first-order chi connectivity index (χ1) is 8.65.